The van der Waals surface area contributed by atoms with Gasteiger partial charge >= 0.3 is 5.69 Å². The Morgan fingerprint density at radius 1 is 1.06 bits per heavy atom. The highest BCUT2D eigenvalue weighted by atomic mass is 16.6. The smallest absolute Gasteiger partial charge is 0.300 e. The van der Waals surface area contributed by atoms with E-state index in [2.05, 4.69) is 5.43 Å². The van der Waals surface area contributed by atoms with Gasteiger partial charge in [0.25, 0.3) is 5.69 Å². The number of nitro benzene ring substituents is 2. The number of rotatable bonds is 9. The molecular formula is C23H23N5O8. The molecule has 4 atom stereocenters. The molecule has 2 aromatic carbocycles. The van der Waals surface area contributed by atoms with Gasteiger partial charge in [-0.25, -0.2) is 5.01 Å². The first-order valence-electron chi connectivity index (χ1n) is 11.0. The summed E-state index contributed by atoms with van der Waals surface area (Å²) in [6.07, 6.45) is 1.87. The number of likely N-dealkylation sites (tertiary alicyclic amines) is 1. The van der Waals surface area contributed by atoms with Gasteiger partial charge in [-0.3, -0.25) is 34.7 Å². The van der Waals surface area contributed by atoms with Crippen molar-refractivity contribution in [3.63, 3.8) is 0 Å². The summed E-state index contributed by atoms with van der Waals surface area (Å²) >= 11 is 0. The van der Waals surface area contributed by atoms with Gasteiger partial charge in [0, 0.05) is 13.1 Å². The van der Waals surface area contributed by atoms with Gasteiger partial charge in [0.1, 0.15) is 11.7 Å². The van der Waals surface area contributed by atoms with Gasteiger partial charge in [-0.05, 0) is 11.6 Å². The number of anilines is 1. The van der Waals surface area contributed by atoms with Crippen molar-refractivity contribution in [3.8, 4) is 0 Å². The number of hydrogen-bond donors (Lipinski definition) is 2. The fourth-order valence-electron chi connectivity index (χ4n) is 4.26. The summed E-state index contributed by atoms with van der Waals surface area (Å²) in [5.74, 6) is -1.89. The maximum Gasteiger partial charge on any atom is 0.300 e. The maximum absolute atomic E-state index is 12.9. The fraction of sp³-hybridized carbons (Fsp3) is 0.304. The Labute approximate surface area is 204 Å². The zero-order valence-electron chi connectivity index (χ0n) is 19.1. The molecule has 0 bridgehead atoms. The molecule has 4 unspecified atom stereocenters. The van der Waals surface area contributed by atoms with E-state index in [-0.39, 0.29) is 18.9 Å². The summed E-state index contributed by atoms with van der Waals surface area (Å²) in [6.45, 7) is 0.0849. The minimum atomic E-state index is -1.19. The van der Waals surface area contributed by atoms with Crippen molar-refractivity contribution < 1.29 is 29.3 Å². The number of nitrogens with zero attached hydrogens (tertiary/aromatic N) is 4. The number of carbonyl (C=O) groups is 2. The normalized spacial score (nSPS) is 22.4. The van der Waals surface area contributed by atoms with Crippen molar-refractivity contribution >= 4 is 28.9 Å². The lowest BCUT2D eigenvalue weighted by Crippen LogP contribution is -2.58. The highest BCUT2D eigenvalue weighted by Crippen LogP contribution is 2.35. The molecule has 0 aromatic heterocycles. The Balaban J connectivity index is 1.62. The van der Waals surface area contributed by atoms with Gasteiger partial charge in [-0.15, -0.1) is 0 Å². The molecule has 13 heteroatoms. The Morgan fingerprint density at radius 3 is 2.44 bits per heavy atom. The van der Waals surface area contributed by atoms with E-state index in [4.69, 9.17) is 4.74 Å². The first-order chi connectivity index (χ1) is 17.2. The van der Waals surface area contributed by atoms with Gasteiger partial charge in [-0.1, -0.05) is 42.5 Å². The molecule has 2 aromatic rings. The lowest BCUT2D eigenvalue weighted by atomic mass is 9.93. The van der Waals surface area contributed by atoms with Crippen LogP contribution in [0.2, 0.25) is 0 Å². The van der Waals surface area contributed by atoms with Gasteiger partial charge in [0.05, 0.1) is 47.2 Å². The molecule has 2 heterocycles. The molecule has 2 N–H and O–H groups in total. The second kappa shape index (κ2) is 10.2. The predicted octanol–water partition coefficient (Wildman–Crippen LogP) is 1.63. The molecule has 0 radical (unpaired) electrons. The van der Waals surface area contributed by atoms with Crippen LogP contribution < -0.4 is 5.43 Å². The number of likely N-dealkylation sites (N-methyl/N-ethyl adjacent to an activating group) is 1. The van der Waals surface area contributed by atoms with Crippen molar-refractivity contribution in [3.05, 3.63) is 86.5 Å². The molecule has 1 fully saturated rings. The second-order valence-corrected chi connectivity index (χ2v) is 8.38. The molecule has 188 valence electrons. The number of amides is 2. The third-order valence-electron chi connectivity index (χ3n) is 6.11. The topological polar surface area (TPSA) is 168 Å². The van der Waals surface area contributed by atoms with Crippen molar-refractivity contribution in [1.82, 2.24) is 9.91 Å². The number of hydrogen-bond acceptors (Lipinski definition) is 10. The number of nitro groups is 2. The van der Waals surface area contributed by atoms with E-state index in [1.54, 1.807) is 0 Å². The summed E-state index contributed by atoms with van der Waals surface area (Å²) in [7, 11) is 1.33. The third kappa shape index (κ3) is 4.79. The van der Waals surface area contributed by atoms with Gasteiger partial charge in [-0.2, -0.15) is 0 Å². The summed E-state index contributed by atoms with van der Waals surface area (Å²) < 4.78 is 5.63. The largest absolute Gasteiger partial charge is 0.389 e. The number of nitrogens with one attached hydrogen (secondary N) is 1. The van der Waals surface area contributed by atoms with Crippen molar-refractivity contribution in [2.45, 2.75) is 24.8 Å². The Kier molecular flexibility index (Phi) is 7.05. The van der Waals surface area contributed by atoms with Crippen molar-refractivity contribution in [1.29, 1.82) is 0 Å². The lowest BCUT2D eigenvalue weighted by Gasteiger charge is -2.40. The SMILES string of the molecule is CN1C(=O)C2C=CC(C(O)COCc3ccccc3)N(Nc3ccc([N+](=O)[O-])cc3[N+](=O)[O-])C2C1=O. The first kappa shape index (κ1) is 24.9. The number of aliphatic hydroxyl groups excluding tert-OH is 1. The number of fused-ring (bicyclic) bond motifs is 1. The molecule has 4 rings (SSSR count). The van der Waals surface area contributed by atoms with Crippen LogP contribution in [0.4, 0.5) is 17.1 Å². The minimum Gasteiger partial charge on any atom is -0.389 e. The van der Waals surface area contributed by atoms with E-state index < -0.39 is 57.1 Å². The average molecular weight is 497 g/mol. The number of ether oxygens (including phenoxy) is 1. The van der Waals surface area contributed by atoms with Gasteiger partial charge in [0.15, 0.2) is 0 Å². The molecule has 36 heavy (non-hydrogen) atoms. The molecule has 0 spiro atoms. The number of non-ortho nitro benzene ring substituents is 1. The quantitative estimate of drug-likeness (QED) is 0.225. The molecule has 0 aliphatic carbocycles. The van der Waals surface area contributed by atoms with Crippen LogP contribution in [0.3, 0.4) is 0 Å². The molecule has 2 amide bonds. The summed E-state index contributed by atoms with van der Waals surface area (Å²) in [5, 5.41) is 35.0. The molecule has 2 aliphatic heterocycles. The fourth-order valence-corrected chi connectivity index (χ4v) is 4.26. The highest BCUT2D eigenvalue weighted by molar-refractivity contribution is 6.08. The van der Waals surface area contributed by atoms with E-state index in [0.29, 0.717) is 0 Å². The van der Waals surface area contributed by atoms with Crippen LogP contribution >= 0.6 is 0 Å². The summed E-state index contributed by atoms with van der Waals surface area (Å²) in [6, 6.07) is 10.3. The Morgan fingerprint density at radius 2 is 1.78 bits per heavy atom. The van der Waals surface area contributed by atoms with Crippen LogP contribution in [0.25, 0.3) is 0 Å². The highest BCUT2D eigenvalue weighted by Gasteiger charge is 2.52. The number of aliphatic hydroxyl groups is 1. The van der Waals surface area contributed by atoms with Crippen LogP contribution in [-0.4, -0.2) is 68.5 Å². The summed E-state index contributed by atoms with van der Waals surface area (Å²) in [5.41, 5.74) is 2.44. The molecule has 13 nitrogen and oxygen atoms in total. The number of benzene rings is 2. The van der Waals surface area contributed by atoms with E-state index in [9.17, 15) is 34.9 Å². The maximum atomic E-state index is 12.9. The molecular weight excluding hydrogens is 474 g/mol. The number of imide groups is 1. The lowest BCUT2D eigenvalue weighted by molar-refractivity contribution is -0.393. The molecule has 1 saturated heterocycles. The van der Waals surface area contributed by atoms with E-state index in [1.165, 1.54) is 24.2 Å². The monoisotopic (exact) mass is 497 g/mol. The number of carbonyl (C=O) groups excluding carboxylic acids is 2. The predicted molar refractivity (Wildman–Crippen MR) is 125 cm³/mol. The van der Waals surface area contributed by atoms with E-state index in [1.807, 2.05) is 30.3 Å². The molecule has 2 aliphatic rings. The van der Waals surface area contributed by atoms with E-state index in [0.717, 1.165) is 28.7 Å². The Hall–Kier alpha value is -4.20. The third-order valence-corrected chi connectivity index (χ3v) is 6.11. The first-order valence-corrected chi connectivity index (χ1v) is 11.0. The van der Waals surface area contributed by atoms with Crippen LogP contribution in [-0.2, 0) is 20.9 Å². The van der Waals surface area contributed by atoms with Crippen LogP contribution in [0.1, 0.15) is 5.56 Å². The Bertz CT molecular complexity index is 1220. The minimum absolute atomic E-state index is 0.139. The van der Waals surface area contributed by atoms with Crippen LogP contribution in [0.5, 0.6) is 0 Å². The van der Waals surface area contributed by atoms with E-state index >= 15 is 0 Å². The zero-order chi connectivity index (χ0) is 26.0. The average Bonchev–Trinajstić information content (AvgIpc) is 3.08. The van der Waals surface area contributed by atoms with Gasteiger partial charge < -0.3 is 15.3 Å². The summed E-state index contributed by atoms with van der Waals surface area (Å²) in [4.78, 5) is 47.6. The van der Waals surface area contributed by atoms with Crippen LogP contribution in [0, 0.1) is 26.1 Å². The second-order valence-electron chi connectivity index (χ2n) is 8.38. The van der Waals surface area contributed by atoms with Gasteiger partial charge in [0.2, 0.25) is 11.8 Å². The van der Waals surface area contributed by atoms with Crippen molar-refractivity contribution in [2.24, 2.45) is 5.92 Å². The van der Waals surface area contributed by atoms with Crippen LogP contribution in [0.15, 0.2) is 60.7 Å². The number of hydrazine groups is 1. The molecule has 0 saturated carbocycles. The van der Waals surface area contributed by atoms with Crippen molar-refractivity contribution in [2.75, 3.05) is 19.1 Å². The zero-order valence-corrected chi connectivity index (χ0v) is 19.1. The standard InChI is InChI=1S/C23H23N5O8/c1-25-22(30)16-8-10-18(20(29)13-36-12-14-5-3-2-4-6-14)26(21(16)23(25)31)24-17-9-7-15(27(32)33)11-19(17)28(34)35/h2-11,16,18,20-21,24,29H,12-13H2,1H3.